The maximum Gasteiger partial charge on any atom is 0.265 e. The minimum atomic E-state index is -0.277. The van der Waals surface area contributed by atoms with Crippen molar-refractivity contribution in [3.05, 3.63) is 42.8 Å². The topological polar surface area (TPSA) is 58.6 Å². The van der Waals surface area contributed by atoms with E-state index in [1.807, 2.05) is 0 Å². The van der Waals surface area contributed by atoms with E-state index in [0.29, 0.717) is 31.7 Å². The molecular formula is C10H6BrCl2N3O. The third kappa shape index (κ3) is 2.51. The van der Waals surface area contributed by atoms with Crippen LogP contribution >= 0.6 is 39.1 Å². The molecule has 0 aliphatic heterocycles. The first kappa shape index (κ1) is 12.5. The molecule has 2 aromatic heterocycles. The van der Waals surface area contributed by atoms with E-state index in [2.05, 4.69) is 30.9 Å². The molecular weight excluding hydrogens is 329 g/mol. The molecule has 0 atom stereocenters. The van der Waals surface area contributed by atoms with Crippen LogP contribution < -0.4 is 5.56 Å². The summed E-state index contributed by atoms with van der Waals surface area (Å²) >= 11 is 14.9. The second-order valence-electron chi connectivity index (χ2n) is 3.30. The zero-order valence-electron chi connectivity index (χ0n) is 8.59. The highest BCUT2D eigenvalue weighted by atomic mass is 79.9. The molecule has 7 heteroatoms. The van der Waals surface area contributed by atoms with E-state index in [-0.39, 0.29) is 5.56 Å². The lowest BCUT2D eigenvalue weighted by molar-refractivity contribution is 1.04. The van der Waals surface area contributed by atoms with Gasteiger partial charge in [-0.2, -0.15) is 0 Å². The van der Waals surface area contributed by atoms with Gasteiger partial charge >= 0.3 is 0 Å². The van der Waals surface area contributed by atoms with Crippen LogP contribution in [0.15, 0.2) is 21.5 Å². The first-order valence-corrected chi connectivity index (χ1v) is 6.12. The SMILES string of the molecule is Cc1nc(-c2ncc(Cl)cc2Cl)[nH]c(=O)c1Br. The standard InChI is InChI=1S/C10H6BrCl2N3O/c1-4-7(11)10(17)16-9(15-4)8-6(13)2-5(12)3-14-8/h2-3H,1H3,(H,15,16,17). The first-order valence-electron chi connectivity index (χ1n) is 4.57. The fourth-order valence-electron chi connectivity index (χ4n) is 1.27. The molecule has 0 spiro atoms. The lowest BCUT2D eigenvalue weighted by Gasteiger charge is -2.04. The van der Waals surface area contributed by atoms with Crippen molar-refractivity contribution in [2.24, 2.45) is 0 Å². The number of hydrogen-bond acceptors (Lipinski definition) is 3. The Morgan fingerprint density at radius 3 is 2.71 bits per heavy atom. The predicted molar refractivity (Wildman–Crippen MR) is 70.5 cm³/mol. The minimum Gasteiger partial charge on any atom is -0.304 e. The molecule has 0 aliphatic rings. The average Bonchev–Trinajstić information content (AvgIpc) is 2.25. The van der Waals surface area contributed by atoms with Gasteiger partial charge in [-0.1, -0.05) is 23.2 Å². The lowest BCUT2D eigenvalue weighted by Crippen LogP contribution is -2.12. The number of aromatic nitrogens is 3. The molecule has 2 rings (SSSR count). The second-order valence-corrected chi connectivity index (χ2v) is 4.93. The highest BCUT2D eigenvalue weighted by molar-refractivity contribution is 9.10. The molecule has 0 aliphatic carbocycles. The number of nitrogens with zero attached hydrogens (tertiary/aromatic N) is 2. The van der Waals surface area contributed by atoms with Crippen LogP contribution in [0.5, 0.6) is 0 Å². The molecule has 17 heavy (non-hydrogen) atoms. The average molecular weight is 335 g/mol. The Morgan fingerprint density at radius 1 is 1.41 bits per heavy atom. The quantitative estimate of drug-likeness (QED) is 0.871. The van der Waals surface area contributed by atoms with E-state index < -0.39 is 0 Å². The van der Waals surface area contributed by atoms with Crippen LogP contribution in [-0.4, -0.2) is 15.0 Å². The fourth-order valence-corrected chi connectivity index (χ4v) is 1.93. The number of rotatable bonds is 1. The predicted octanol–water partition coefficient (Wildman–Crippen LogP) is 3.21. The number of halogens is 3. The number of H-pyrrole nitrogens is 1. The van der Waals surface area contributed by atoms with Gasteiger partial charge in [-0.05, 0) is 28.9 Å². The van der Waals surface area contributed by atoms with Crippen LogP contribution in [0.1, 0.15) is 5.69 Å². The molecule has 0 bridgehead atoms. The third-order valence-electron chi connectivity index (χ3n) is 2.06. The van der Waals surface area contributed by atoms with Gasteiger partial charge in [-0.25, -0.2) is 9.97 Å². The second kappa shape index (κ2) is 4.76. The van der Waals surface area contributed by atoms with Crippen molar-refractivity contribution in [1.29, 1.82) is 0 Å². The van der Waals surface area contributed by atoms with Crippen LogP contribution in [0.2, 0.25) is 10.0 Å². The highest BCUT2D eigenvalue weighted by Gasteiger charge is 2.11. The van der Waals surface area contributed by atoms with E-state index in [0.717, 1.165) is 0 Å². The molecule has 0 saturated heterocycles. The molecule has 88 valence electrons. The van der Waals surface area contributed by atoms with Crippen molar-refractivity contribution >= 4 is 39.1 Å². The summed E-state index contributed by atoms with van der Waals surface area (Å²) in [5.41, 5.74) is 0.681. The number of pyridine rings is 1. The fraction of sp³-hybridized carbons (Fsp3) is 0.100. The number of aromatic amines is 1. The molecule has 0 saturated carbocycles. The number of hydrogen-bond donors (Lipinski definition) is 1. The summed E-state index contributed by atoms with van der Waals surface area (Å²) in [5.74, 6) is 0.317. The molecule has 0 unspecified atom stereocenters. The van der Waals surface area contributed by atoms with Gasteiger partial charge in [0, 0.05) is 6.20 Å². The Kier molecular flexibility index (Phi) is 3.51. The van der Waals surface area contributed by atoms with Crippen molar-refractivity contribution in [2.45, 2.75) is 6.92 Å². The van der Waals surface area contributed by atoms with E-state index in [1.165, 1.54) is 6.20 Å². The zero-order chi connectivity index (χ0) is 12.6. The number of aryl methyl sites for hydroxylation is 1. The Labute approximate surface area is 115 Å². The van der Waals surface area contributed by atoms with Crippen molar-refractivity contribution in [3.8, 4) is 11.5 Å². The van der Waals surface area contributed by atoms with E-state index in [1.54, 1.807) is 13.0 Å². The van der Waals surface area contributed by atoms with E-state index in [4.69, 9.17) is 23.2 Å². The third-order valence-corrected chi connectivity index (χ3v) is 3.49. The summed E-state index contributed by atoms with van der Waals surface area (Å²) in [6.07, 6.45) is 1.44. The molecule has 2 aromatic rings. The summed E-state index contributed by atoms with van der Waals surface area (Å²) in [6, 6.07) is 1.54. The Balaban J connectivity index is 2.65. The summed E-state index contributed by atoms with van der Waals surface area (Å²) in [6.45, 7) is 1.71. The van der Waals surface area contributed by atoms with Gasteiger partial charge in [-0.15, -0.1) is 0 Å². The van der Waals surface area contributed by atoms with Crippen molar-refractivity contribution < 1.29 is 0 Å². The van der Waals surface area contributed by atoms with E-state index >= 15 is 0 Å². The van der Waals surface area contributed by atoms with Crippen LogP contribution in [0.25, 0.3) is 11.5 Å². The van der Waals surface area contributed by atoms with Gasteiger partial charge in [0.25, 0.3) is 5.56 Å². The van der Waals surface area contributed by atoms with Crippen molar-refractivity contribution in [3.63, 3.8) is 0 Å². The summed E-state index contributed by atoms with van der Waals surface area (Å²) in [7, 11) is 0. The Hall–Kier alpha value is -0.910. The van der Waals surface area contributed by atoms with Gasteiger partial charge in [0.15, 0.2) is 5.82 Å². The maximum absolute atomic E-state index is 11.6. The van der Waals surface area contributed by atoms with Crippen molar-refractivity contribution in [1.82, 2.24) is 15.0 Å². The van der Waals surface area contributed by atoms with E-state index in [9.17, 15) is 4.79 Å². The van der Waals surface area contributed by atoms with Crippen LogP contribution in [0.4, 0.5) is 0 Å². The Morgan fingerprint density at radius 2 is 2.12 bits per heavy atom. The Bertz CT molecular complexity index is 642. The molecule has 2 heterocycles. The van der Waals surface area contributed by atoms with Crippen LogP contribution in [0, 0.1) is 6.92 Å². The molecule has 0 fully saturated rings. The summed E-state index contributed by atoms with van der Waals surface area (Å²) in [5, 5.41) is 0.761. The summed E-state index contributed by atoms with van der Waals surface area (Å²) in [4.78, 5) is 22.4. The monoisotopic (exact) mass is 333 g/mol. The molecule has 4 nitrogen and oxygen atoms in total. The van der Waals surface area contributed by atoms with Gasteiger partial charge in [0.05, 0.1) is 15.7 Å². The molecule has 0 aromatic carbocycles. The van der Waals surface area contributed by atoms with Crippen molar-refractivity contribution in [2.75, 3.05) is 0 Å². The minimum absolute atomic E-state index is 0.277. The van der Waals surface area contributed by atoms with Crippen LogP contribution in [0.3, 0.4) is 0 Å². The lowest BCUT2D eigenvalue weighted by atomic mass is 10.3. The molecule has 0 amide bonds. The van der Waals surface area contributed by atoms with Gasteiger partial charge in [0.1, 0.15) is 10.2 Å². The van der Waals surface area contributed by atoms with Gasteiger partial charge in [0.2, 0.25) is 0 Å². The smallest absolute Gasteiger partial charge is 0.265 e. The van der Waals surface area contributed by atoms with Gasteiger partial charge < -0.3 is 4.98 Å². The summed E-state index contributed by atoms with van der Waals surface area (Å²) < 4.78 is 0.395. The molecule has 0 radical (unpaired) electrons. The largest absolute Gasteiger partial charge is 0.304 e. The maximum atomic E-state index is 11.6. The first-order chi connectivity index (χ1) is 7.99. The highest BCUT2D eigenvalue weighted by Crippen LogP contribution is 2.25. The zero-order valence-corrected chi connectivity index (χ0v) is 11.7. The van der Waals surface area contributed by atoms with Crippen LogP contribution in [-0.2, 0) is 0 Å². The molecule has 1 N–H and O–H groups in total. The normalized spacial score (nSPS) is 10.6. The van der Waals surface area contributed by atoms with Gasteiger partial charge in [-0.3, -0.25) is 4.79 Å². The number of nitrogens with one attached hydrogen (secondary N) is 1.